The molecule has 18 heavy (non-hydrogen) atoms. The van der Waals surface area contributed by atoms with Gasteiger partial charge in [0.05, 0.1) is 5.56 Å². The molecule has 1 N–H and O–H groups in total. The van der Waals surface area contributed by atoms with Crippen molar-refractivity contribution in [3.8, 4) is 11.6 Å². The quantitative estimate of drug-likeness (QED) is 0.926. The Morgan fingerprint density at radius 1 is 1.28 bits per heavy atom. The number of carbonyl (C=O) groups is 1. The smallest absolute Gasteiger partial charge is 0.337 e. The molecule has 0 fully saturated rings. The van der Waals surface area contributed by atoms with Crippen molar-refractivity contribution in [2.24, 2.45) is 0 Å². The average Bonchev–Trinajstić information content (AvgIpc) is 2.34. The Morgan fingerprint density at radius 3 is 2.56 bits per heavy atom. The third kappa shape index (κ3) is 2.57. The first-order valence-electron chi connectivity index (χ1n) is 4.89. The van der Waals surface area contributed by atoms with Gasteiger partial charge in [-0.2, -0.15) is 0 Å². The zero-order valence-corrected chi connectivity index (χ0v) is 9.69. The largest absolute Gasteiger partial charge is 0.478 e. The molecule has 2 rings (SSSR count). The summed E-state index contributed by atoms with van der Waals surface area (Å²) in [6.45, 7) is 0. The fraction of sp³-hybridized carbons (Fsp3) is 0. The SMILES string of the molecule is O=C(O)c1ccnc(Oc2ccc(F)cc2)c1Cl. The number of hydrogen-bond donors (Lipinski definition) is 1. The molecule has 0 aliphatic carbocycles. The molecule has 0 saturated heterocycles. The zero-order chi connectivity index (χ0) is 13.1. The summed E-state index contributed by atoms with van der Waals surface area (Å²) in [5.74, 6) is -1.30. The summed E-state index contributed by atoms with van der Waals surface area (Å²) < 4.78 is 18.0. The van der Waals surface area contributed by atoms with Crippen LogP contribution in [0.15, 0.2) is 36.5 Å². The molecule has 0 unspecified atom stereocenters. The molecule has 1 aromatic heterocycles. The molecule has 1 heterocycles. The molecule has 0 amide bonds. The summed E-state index contributed by atoms with van der Waals surface area (Å²) in [6, 6.07) is 6.47. The first kappa shape index (κ1) is 12.3. The van der Waals surface area contributed by atoms with E-state index in [0.29, 0.717) is 5.75 Å². The van der Waals surface area contributed by atoms with Gasteiger partial charge in [0.1, 0.15) is 16.6 Å². The van der Waals surface area contributed by atoms with Gasteiger partial charge in [-0.05, 0) is 30.3 Å². The standard InChI is InChI=1S/C12H7ClFNO3/c13-10-9(12(16)17)5-6-15-11(10)18-8-3-1-7(14)2-4-8/h1-6H,(H,16,17). The number of aromatic carboxylic acids is 1. The molecular weight excluding hydrogens is 261 g/mol. The van der Waals surface area contributed by atoms with Gasteiger partial charge in [0.25, 0.3) is 0 Å². The Balaban J connectivity index is 2.32. The van der Waals surface area contributed by atoms with Crippen LogP contribution in [0.5, 0.6) is 11.6 Å². The van der Waals surface area contributed by atoms with Crippen LogP contribution >= 0.6 is 11.6 Å². The number of rotatable bonds is 3. The van der Waals surface area contributed by atoms with Crippen LogP contribution in [0.25, 0.3) is 0 Å². The van der Waals surface area contributed by atoms with Gasteiger partial charge in [0.15, 0.2) is 0 Å². The van der Waals surface area contributed by atoms with E-state index in [1.165, 1.54) is 36.5 Å². The maximum absolute atomic E-state index is 12.7. The molecule has 0 aliphatic rings. The van der Waals surface area contributed by atoms with Crippen LogP contribution in [-0.4, -0.2) is 16.1 Å². The van der Waals surface area contributed by atoms with Crippen LogP contribution in [-0.2, 0) is 0 Å². The number of nitrogens with zero attached hydrogens (tertiary/aromatic N) is 1. The molecule has 0 aliphatic heterocycles. The molecule has 6 heteroatoms. The first-order chi connectivity index (χ1) is 8.58. The number of hydrogen-bond acceptors (Lipinski definition) is 3. The number of aromatic nitrogens is 1. The van der Waals surface area contributed by atoms with E-state index in [2.05, 4.69) is 4.98 Å². The molecular formula is C12H7ClFNO3. The predicted octanol–water partition coefficient (Wildman–Crippen LogP) is 3.36. The predicted molar refractivity (Wildman–Crippen MR) is 62.7 cm³/mol. The Morgan fingerprint density at radius 2 is 1.94 bits per heavy atom. The van der Waals surface area contributed by atoms with Gasteiger partial charge in [-0.25, -0.2) is 14.2 Å². The maximum atomic E-state index is 12.7. The molecule has 1 aromatic carbocycles. The lowest BCUT2D eigenvalue weighted by Crippen LogP contribution is -2.00. The molecule has 92 valence electrons. The molecule has 0 bridgehead atoms. The average molecular weight is 268 g/mol. The van der Waals surface area contributed by atoms with Crippen molar-refractivity contribution < 1.29 is 19.0 Å². The van der Waals surface area contributed by atoms with Crippen LogP contribution in [0.3, 0.4) is 0 Å². The van der Waals surface area contributed by atoms with Gasteiger partial charge >= 0.3 is 5.97 Å². The van der Waals surface area contributed by atoms with Gasteiger partial charge in [-0.15, -0.1) is 0 Å². The molecule has 4 nitrogen and oxygen atoms in total. The van der Waals surface area contributed by atoms with Crippen molar-refractivity contribution in [2.45, 2.75) is 0 Å². The van der Waals surface area contributed by atoms with E-state index in [9.17, 15) is 9.18 Å². The second-order valence-electron chi connectivity index (χ2n) is 3.34. The van der Waals surface area contributed by atoms with E-state index in [-0.39, 0.29) is 16.5 Å². The van der Waals surface area contributed by atoms with Gasteiger partial charge in [0, 0.05) is 6.20 Å². The Bertz CT molecular complexity index is 586. The summed E-state index contributed by atoms with van der Waals surface area (Å²) >= 11 is 5.84. The molecule has 0 atom stereocenters. The second-order valence-corrected chi connectivity index (χ2v) is 3.72. The lowest BCUT2D eigenvalue weighted by atomic mass is 10.2. The van der Waals surface area contributed by atoms with Gasteiger partial charge in [-0.3, -0.25) is 0 Å². The fourth-order valence-electron chi connectivity index (χ4n) is 1.28. The number of benzene rings is 1. The number of pyridine rings is 1. The highest BCUT2D eigenvalue weighted by Crippen LogP contribution is 2.29. The summed E-state index contributed by atoms with van der Waals surface area (Å²) in [4.78, 5) is 14.7. The maximum Gasteiger partial charge on any atom is 0.337 e. The fourth-order valence-corrected chi connectivity index (χ4v) is 1.51. The minimum atomic E-state index is -1.17. The summed E-state index contributed by atoms with van der Waals surface area (Å²) in [5, 5.41) is 8.77. The topological polar surface area (TPSA) is 59.4 Å². The lowest BCUT2D eigenvalue weighted by Gasteiger charge is -2.07. The van der Waals surface area contributed by atoms with Crippen LogP contribution in [0.1, 0.15) is 10.4 Å². The van der Waals surface area contributed by atoms with Crippen LogP contribution < -0.4 is 4.74 Å². The molecule has 0 radical (unpaired) electrons. The van der Waals surface area contributed by atoms with Gasteiger partial charge in [0.2, 0.25) is 5.88 Å². The first-order valence-corrected chi connectivity index (χ1v) is 5.27. The normalized spacial score (nSPS) is 10.1. The Kier molecular flexibility index (Phi) is 3.43. The van der Waals surface area contributed by atoms with Crippen LogP contribution in [0, 0.1) is 5.82 Å². The monoisotopic (exact) mass is 267 g/mol. The highest BCUT2D eigenvalue weighted by Gasteiger charge is 2.14. The zero-order valence-electron chi connectivity index (χ0n) is 8.93. The van der Waals surface area contributed by atoms with Crippen molar-refractivity contribution in [1.82, 2.24) is 4.98 Å². The van der Waals surface area contributed by atoms with E-state index >= 15 is 0 Å². The van der Waals surface area contributed by atoms with E-state index in [1.807, 2.05) is 0 Å². The molecule has 0 saturated carbocycles. The minimum Gasteiger partial charge on any atom is -0.478 e. The van der Waals surface area contributed by atoms with Gasteiger partial charge < -0.3 is 9.84 Å². The molecule has 2 aromatic rings. The van der Waals surface area contributed by atoms with E-state index in [0.717, 1.165) is 0 Å². The van der Waals surface area contributed by atoms with Crippen molar-refractivity contribution >= 4 is 17.6 Å². The summed E-state index contributed by atoms with van der Waals surface area (Å²) in [6.07, 6.45) is 1.27. The third-order valence-electron chi connectivity index (χ3n) is 2.12. The summed E-state index contributed by atoms with van der Waals surface area (Å²) in [7, 11) is 0. The van der Waals surface area contributed by atoms with Crippen LogP contribution in [0.4, 0.5) is 4.39 Å². The number of carboxylic acids is 1. The van der Waals surface area contributed by atoms with Crippen LogP contribution in [0.2, 0.25) is 5.02 Å². The van der Waals surface area contributed by atoms with E-state index in [1.54, 1.807) is 0 Å². The van der Waals surface area contributed by atoms with Crippen molar-refractivity contribution in [3.05, 3.63) is 52.9 Å². The second kappa shape index (κ2) is 5.01. The van der Waals surface area contributed by atoms with E-state index < -0.39 is 11.8 Å². The van der Waals surface area contributed by atoms with Crippen molar-refractivity contribution in [1.29, 1.82) is 0 Å². The minimum absolute atomic E-state index is 0.0387. The summed E-state index contributed by atoms with van der Waals surface area (Å²) in [5.41, 5.74) is -0.108. The lowest BCUT2D eigenvalue weighted by molar-refractivity contribution is 0.0696. The Labute approximate surface area is 107 Å². The number of carboxylic acid groups (broad SMARTS) is 1. The Hall–Kier alpha value is -2.14. The number of halogens is 2. The highest BCUT2D eigenvalue weighted by molar-refractivity contribution is 6.34. The van der Waals surface area contributed by atoms with Gasteiger partial charge in [-0.1, -0.05) is 11.6 Å². The van der Waals surface area contributed by atoms with Crippen molar-refractivity contribution in [3.63, 3.8) is 0 Å². The third-order valence-corrected chi connectivity index (χ3v) is 2.48. The van der Waals surface area contributed by atoms with E-state index in [4.69, 9.17) is 21.4 Å². The molecule has 0 spiro atoms. The van der Waals surface area contributed by atoms with Crippen molar-refractivity contribution in [2.75, 3.05) is 0 Å². The number of ether oxygens (including phenoxy) is 1. The highest BCUT2D eigenvalue weighted by atomic mass is 35.5.